The Kier molecular flexibility index (Phi) is 4.43. The standard InChI is InChI=1S/C17H21N5O3/c1-13-18-7-10-22(13)17(16(24)25)5-8-21(9-6-17)15(23)4-3-14-11-19-20(2)12-14/h3-4,7,10-12H,5-6,8-9H2,1-2H3,(H,24,25). The number of likely N-dealkylation sites (tertiary alicyclic amines) is 1. The summed E-state index contributed by atoms with van der Waals surface area (Å²) in [4.78, 5) is 30.1. The quantitative estimate of drug-likeness (QED) is 0.837. The van der Waals surface area contributed by atoms with E-state index in [4.69, 9.17) is 0 Å². The molecule has 1 fully saturated rings. The summed E-state index contributed by atoms with van der Waals surface area (Å²) in [5.74, 6) is -0.338. The van der Waals surface area contributed by atoms with E-state index in [9.17, 15) is 14.7 Å². The second-order valence-electron chi connectivity index (χ2n) is 6.29. The van der Waals surface area contributed by atoms with Gasteiger partial charge < -0.3 is 14.6 Å². The van der Waals surface area contributed by atoms with Gasteiger partial charge in [0.05, 0.1) is 6.20 Å². The summed E-state index contributed by atoms with van der Waals surface area (Å²) in [6.45, 7) is 2.57. The van der Waals surface area contributed by atoms with Crippen molar-refractivity contribution in [2.24, 2.45) is 7.05 Å². The SMILES string of the molecule is Cc1nccn1C1(C(=O)O)CCN(C(=O)C=Cc2cnn(C)c2)CC1. The minimum absolute atomic E-state index is 0.120. The van der Waals surface area contributed by atoms with E-state index in [2.05, 4.69) is 10.1 Å². The van der Waals surface area contributed by atoms with Crippen molar-refractivity contribution in [3.63, 3.8) is 0 Å². The van der Waals surface area contributed by atoms with E-state index in [1.54, 1.807) is 45.7 Å². The first-order chi connectivity index (χ1) is 11.9. The van der Waals surface area contributed by atoms with Crippen molar-refractivity contribution in [2.75, 3.05) is 13.1 Å². The van der Waals surface area contributed by atoms with E-state index < -0.39 is 11.5 Å². The van der Waals surface area contributed by atoms with Gasteiger partial charge in [-0.1, -0.05) is 0 Å². The highest BCUT2D eigenvalue weighted by Gasteiger charge is 2.44. The molecule has 3 heterocycles. The fourth-order valence-electron chi connectivity index (χ4n) is 3.28. The van der Waals surface area contributed by atoms with Crippen LogP contribution in [0.5, 0.6) is 0 Å². The van der Waals surface area contributed by atoms with Crippen LogP contribution in [0.25, 0.3) is 6.08 Å². The summed E-state index contributed by atoms with van der Waals surface area (Å²) >= 11 is 0. The van der Waals surface area contributed by atoms with Crippen LogP contribution in [0.3, 0.4) is 0 Å². The van der Waals surface area contributed by atoms with Crippen molar-refractivity contribution in [1.82, 2.24) is 24.2 Å². The van der Waals surface area contributed by atoms with Gasteiger partial charge in [0.15, 0.2) is 0 Å². The molecule has 3 rings (SSSR count). The number of aryl methyl sites for hydroxylation is 2. The van der Waals surface area contributed by atoms with Crippen molar-refractivity contribution in [3.05, 3.63) is 42.3 Å². The van der Waals surface area contributed by atoms with E-state index in [-0.39, 0.29) is 5.91 Å². The number of rotatable bonds is 4. The third kappa shape index (κ3) is 3.19. The summed E-state index contributed by atoms with van der Waals surface area (Å²) in [5.41, 5.74) is -0.188. The predicted octanol–water partition coefficient (Wildman–Crippen LogP) is 1.04. The Morgan fingerprint density at radius 3 is 2.56 bits per heavy atom. The van der Waals surface area contributed by atoms with Gasteiger partial charge in [0, 0.05) is 50.4 Å². The van der Waals surface area contributed by atoms with Gasteiger partial charge in [-0.05, 0) is 25.8 Å². The fourth-order valence-corrected chi connectivity index (χ4v) is 3.28. The molecule has 1 N–H and O–H groups in total. The zero-order valence-electron chi connectivity index (χ0n) is 14.3. The van der Waals surface area contributed by atoms with Crippen molar-refractivity contribution in [3.8, 4) is 0 Å². The molecule has 1 aliphatic heterocycles. The Balaban J connectivity index is 1.70. The number of amides is 1. The van der Waals surface area contributed by atoms with Crippen LogP contribution in [0.15, 0.2) is 30.9 Å². The van der Waals surface area contributed by atoms with Crippen LogP contribution in [-0.2, 0) is 22.2 Å². The number of hydrogen-bond acceptors (Lipinski definition) is 4. The molecule has 25 heavy (non-hydrogen) atoms. The molecule has 0 aromatic carbocycles. The van der Waals surface area contributed by atoms with E-state index >= 15 is 0 Å². The Morgan fingerprint density at radius 2 is 2.04 bits per heavy atom. The maximum Gasteiger partial charge on any atom is 0.330 e. The first-order valence-corrected chi connectivity index (χ1v) is 8.12. The first kappa shape index (κ1) is 16.9. The molecule has 1 aliphatic rings. The summed E-state index contributed by atoms with van der Waals surface area (Å²) in [6, 6.07) is 0. The number of hydrogen-bond donors (Lipinski definition) is 1. The number of aliphatic carboxylic acids is 1. The molecular formula is C17H21N5O3. The number of carbonyl (C=O) groups is 2. The molecule has 2 aromatic heterocycles. The topological polar surface area (TPSA) is 93.2 Å². The Morgan fingerprint density at radius 1 is 1.32 bits per heavy atom. The molecule has 0 atom stereocenters. The minimum atomic E-state index is -1.04. The third-order valence-corrected chi connectivity index (χ3v) is 4.73. The summed E-state index contributed by atoms with van der Waals surface area (Å²) < 4.78 is 3.38. The van der Waals surface area contributed by atoms with Crippen molar-refractivity contribution in [1.29, 1.82) is 0 Å². The van der Waals surface area contributed by atoms with Crippen LogP contribution in [0.2, 0.25) is 0 Å². The lowest BCUT2D eigenvalue weighted by Crippen LogP contribution is -2.52. The zero-order chi connectivity index (χ0) is 18.0. The molecule has 0 unspecified atom stereocenters. The molecule has 2 aromatic rings. The van der Waals surface area contributed by atoms with Gasteiger partial charge in [0.25, 0.3) is 0 Å². The number of aromatic nitrogens is 4. The smallest absolute Gasteiger partial charge is 0.330 e. The number of imidazole rings is 1. The van der Waals surface area contributed by atoms with Crippen LogP contribution in [0, 0.1) is 6.92 Å². The summed E-state index contributed by atoms with van der Waals surface area (Å²) in [5, 5.41) is 13.8. The maximum absolute atomic E-state index is 12.4. The van der Waals surface area contributed by atoms with Crippen LogP contribution in [0.1, 0.15) is 24.2 Å². The Hall–Kier alpha value is -2.90. The highest BCUT2D eigenvalue weighted by Crippen LogP contribution is 2.31. The number of piperidine rings is 1. The molecule has 8 heteroatoms. The van der Waals surface area contributed by atoms with Gasteiger partial charge in [-0.15, -0.1) is 0 Å². The highest BCUT2D eigenvalue weighted by molar-refractivity contribution is 5.92. The second kappa shape index (κ2) is 6.54. The maximum atomic E-state index is 12.4. The van der Waals surface area contributed by atoms with Gasteiger partial charge in [0.2, 0.25) is 5.91 Å². The summed E-state index contributed by atoms with van der Waals surface area (Å²) in [6.07, 6.45) is 10.7. The fraction of sp³-hybridized carbons (Fsp3) is 0.412. The molecular weight excluding hydrogens is 322 g/mol. The normalized spacial score (nSPS) is 17.1. The first-order valence-electron chi connectivity index (χ1n) is 8.12. The molecule has 0 spiro atoms. The largest absolute Gasteiger partial charge is 0.479 e. The van der Waals surface area contributed by atoms with Gasteiger partial charge in [-0.3, -0.25) is 9.48 Å². The minimum Gasteiger partial charge on any atom is -0.479 e. The van der Waals surface area contributed by atoms with Crippen LogP contribution < -0.4 is 0 Å². The van der Waals surface area contributed by atoms with E-state index in [0.717, 1.165) is 5.56 Å². The molecule has 8 nitrogen and oxygen atoms in total. The van der Waals surface area contributed by atoms with Crippen LogP contribution in [0.4, 0.5) is 0 Å². The number of nitrogens with zero attached hydrogens (tertiary/aromatic N) is 5. The lowest BCUT2D eigenvalue weighted by molar-refractivity contribution is -0.152. The number of carbonyl (C=O) groups excluding carboxylic acids is 1. The zero-order valence-corrected chi connectivity index (χ0v) is 14.3. The van der Waals surface area contributed by atoms with Gasteiger partial charge in [-0.2, -0.15) is 5.10 Å². The van der Waals surface area contributed by atoms with E-state index in [0.29, 0.717) is 31.8 Å². The van der Waals surface area contributed by atoms with Crippen molar-refractivity contribution >= 4 is 18.0 Å². The average molecular weight is 343 g/mol. The van der Waals surface area contributed by atoms with Gasteiger partial charge in [0.1, 0.15) is 11.4 Å². The predicted molar refractivity (Wildman–Crippen MR) is 90.6 cm³/mol. The summed E-state index contributed by atoms with van der Waals surface area (Å²) in [7, 11) is 1.81. The molecule has 0 bridgehead atoms. The Bertz CT molecular complexity index is 812. The number of carboxylic acid groups (broad SMARTS) is 1. The van der Waals surface area contributed by atoms with Crippen LogP contribution >= 0.6 is 0 Å². The Labute approximate surface area is 145 Å². The third-order valence-electron chi connectivity index (χ3n) is 4.73. The van der Waals surface area contributed by atoms with E-state index in [1.807, 2.05) is 13.2 Å². The second-order valence-corrected chi connectivity index (χ2v) is 6.29. The lowest BCUT2D eigenvalue weighted by Gasteiger charge is -2.39. The average Bonchev–Trinajstić information content (AvgIpc) is 3.21. The van der Waals surface area contributed by atoms with Crippen molar-refractivity contribution < 1.29 is 14.7 Å². The molecule has 1 amide bonds. The molecule has 0 radical (unpaired) electrons. The van der Waals surface area contributed by atoms with Crippen molar-refractivity contribution in [2.45, 2.75) is 25.3 Å². The molecule has 1 saturated heterocycles. The molecule has 132 valence electrons. The monoisotopic (exact) mass is 343 g/mol. The number of carboxylic acids is 1. The van der Waals surface area contributed by atoms with Gasteiger partial charge >= 0.3 is 5.97 Å². The van der Waals surface area contributed by atoms with Gasteiger partial charge in [-0.25, -0.2) is 9.78 Å². The lowest BCUT2D eigenvalue weighted by atomic mass is 9.87. The van der Waals surface area contributed by atoms with Crippen LogP contribution in [-0.4, -0.2) is 54.3 Å². The molecule has 0 aliphatic carbocycles. The highest BCUT2D eigenvalue weighted by atomic mass is 16.4. The molecule has 0 saturated carbocycles. The van der Waals surface area contributed by atoms with E-state index in [1.165, 1.54) is 6.08 Å².